The van der Waals surface area contributed by atoms with Gasteiger partial charge in [0.1, 0.15) is 5.76 Å². The summed E-state index contributed by atoms with van der Waals surface area (Å²) in [5.74, 6) is 2.30. The zero-order chi connectivity index (χ0) is 17.5. The molecule has 140 valence electrons. The number of carbonyl (C=O) groups is 1. The van der Waals surface area contributed by atoms with Crippen LogP contribution in [0, 0.1) is 11.8 Å². The van der Waals surface area contributed by atoms with Crippen molar-refractivity contribution >= 4 is 5.91 Å². The molecule has 0 spiro atoms. The van der Waals surface area contributed by atoms with Crippen LogP contribution >= 0.6 is 0 Å². The molecule has 1 N–H and O–H groups in total. The van der Waals surface area contributed by atoms with Crippen LogP contribution in [0.5, 0.6) is 0 Å². The van der Waals surface area contributed by atoms with Crippen molar-refractivity contribution in [3.63, 3.8) is 0 Å². The van der Waals surface area contributed by atoms with Crippen molar-refractivity contribution in [2.75, 3.05) is 19.6 Å². The van der Waals surface area contributed by atoms with Crippen LogP contribution < -0.4 is 5.32 Å². The first-order chi connectivity index (χ1) is 12.3. The second-order valence-electron chi connectivity index (χ2n) is 7.88. The third-order valence-electron chi connectivity index (χ3n) is 6.11. The Labute approximate surface area is 152 Å². The standard InChI is InChI=1S/C21H34N2O2/c1-2-3-7-17-9-11-18(12-10-17)21(24)22-16-19(20-8-6-15-25-20)23-13-4-5-14-23/h6,8,15,17-19H,2-5,7,9-14,16H2,1H3,(H,22,24). The van der Waals surface area contributed by atoms with E-state index in [-0.39, 0.29) is 17.9 Å². The largest absolute Gasteiger partial charge is 0.468 e. The summed E-state index contributed by atoms with van der Waals surface area (Å²) in [7, 11) is 0. The summed E-state index contributed by atoms with van der Waals surface area (Å²) in [5, 5.41) is 3.24. The Morgan fingerprint density at radius 1 is 1.28 bits per heavy atom. The highest BCUT2D eigenvalue weighted by Crippen LogP contribution is 2.32. The smallest absolute Gasteiger partial charge is 0.223 e. The van der Waals surface area contributed by atoms with Crippen LogP contribution in [0.2, 0.25) is 0 Å². The number of nitrogens with one attached hydrogen (secondary N) is 1. The first kappa shape index (κ1) is 18.5. The van der Waals surface area contributed by atoms with Crippen molar-refractivity contribution in [1.29, 1.82) is 0 Å². The molecule has 0 bridgehead atoms. The summed E-state index contributed by atoms with van der Waals surface area (Å²) in [6.45, 7) is 5.13. The fourth-order valence-electron chi connectivity index (χ4n) is 4.49. The van der Waals surface area contributed by atoms with E-state index in [4.69, 9.17) is 4.42 Å². The number of furan rings is 1. The van der Waals surface area contributed by atoms with Gasteiger partial charge in [0, 0.05) is 12.5 Å². The molecular formula is C21H34N2O2. The fraction of sp³-hybridized carbons (Fsp3) is 0.762. The maximum atomic E-state index is 12.6. The summed E-state index contributed by atoms with van der Waals surface area (Å²) < 4.78 is 5.64. The van der Waals surface area contributed by atoms with Gasteiger partial charge in [-0.2, -0.15) is 0 Å². The summed E-state index contributed by atoms with van der Waals surface area (Å²) in [5.41, 5.74) is 0. The normalized spacial score (nSPS) is 25.8. The number of hydrogen-bond donors (Lipinski definition) is 1. The number of hydrogen-bond acceptors (Lipinski definition) is 3. The van der Waals surface area contributed by atoms with E-state index in [1.54, 1.807) is 6.26 Å². The molecule has 1 aliphatic heterocycles. The molecule has 1 saturated carbocycles. The van der Waals surface area contributed by atoms with E-state index < -0.39 is 0 Å². The molecule has 2 heterocycles. The lowest BCUT2D eigenvalue weighted by atomic mass is 9.79. The van der Waals surface area contributed by atoms with E-state index >= 15 is 0 Å². The zero-order valence-electron chi connectivity index (χ0n) is 15.7. The average Bonchev–Trinajstić information content (AvgIpc) is 3.35. The van der Waals surface area contributed by atoms with Crippen LogP contribution in [-0.2, 0) is 4.79 Å². The summed E-state index contributed by atoms with van der Waals surface area (Å²) in [6.07, 6.45) is 12.8. The second-order valence-corrected chi connectivity index (χ2v) is 7.88. The first-order valence-corrected chi connectivity index (χ1v) is 10.3. The van der Waals surface area contributed by atoms with Gasteiger partial charge in [0.2, 0.25) is 5.91 Å². The van der Waals surface area contributed by atoms with Crippen LogP contribution in [0.4, 0.5) is 0 Å². The lowest BCUT2D eigenvalue weighted by molar-refractivity contribution is -0.126. The van der Waals surface area contributed by atoms with Gasteiger partial charge in [-0.3, -0.25) is 9.69 Å². The van der Waals surface area contributed by atoms with E-state index in [2.05, 4.69) is 17.1 Å². The molecule has 25 heavy (non-hydrogen) atoms. The zero-order valence-corrected chi connectivity index (χ0v) is 15.7. The molecule has 4 heteroatoms. The minimum Gasteiger partial charge on any atom is -0.468 e. The topological polar surface area (TPSA) is 45.5 Å². The quantitative estimate of drug-likeness (QED) is 0.752. The van der Waals surface area contributed by atoms with E-state index in [9.17, 15) is 4.79 Å². The lowest BCUT2D eigenvalue weighted by Gasteiger charge is -2.30. The molecule has 2 aliphatic rings. The molecule has 3 rings (SSSR count). The van der Waals surface area contributed by atoms with E-state index in [0.717, 1.165) is 37.6 Å². The van der Waals surface area contributed by atoms with Crippen molar-refractivity contribution in [1.82, 2.24) is 10.2 Å². The van der Waals surface area contributed by atoms with Gasteiger partial charge in [0.25, 0.3) is 0 Å². The van der Waals surface area contributed by atoms with Crippen molar-refractivity contribution in [3.05, 3.63) is 24.2 Å². The Bertz CT molecular complexity index is 500. The SMILES string of the molecule is CCCCC1CCC(C(=O)NCC(c2ccco2)N2CCCC2)CC1. The molecule has 1 amide bonds. The number of nitrogens with zero attached hydrogens (tertiary/aromatic N) is 1. The highest BCUT2D eigenvalue weighted by atomic mass is 16.3. The second kappa shape index (κ2) is 9.42. The van der Waals surface area contributed by atoms with Crippen molar-refractivity contribution in [2.24, 2.45) is 11.8 Å². The minimum absolute atomic E-state index is 0.183. The van der Waals surface area contributed by atoms with Crippen molar-refractivity contribution < 1.29 is 9.21 Å². The highest BCUT2D eigenvalue weighted by Gasteiger charge is 2.29. The molecule has 1 aromatic rings. The Morgan fingerprint density at radius 3 is 2.68 bits per heavy atom. The van der Waals surface area contributed by atoms with Gasteiger partial charge in [-0.25, -0.2) is 0 Å². The molecule has 0 aromatic carbocycles. The Kier molecular flexibility index (Phi) is 6.97. The van der Waals surface area contributed by atoms with Gasteiger partial charge in [0.15, 0.2) is 0 Å². The average molecular weight is 347 g/mol. The van der Waals surface area contributed by atoms with Gasteiger partial charge >= 0.3 is 0 Å². The Morgan fingerprint density at radius 2 is 2.04 bits per heavy atom. The Hall–Kier alpha value is -1.29. The predicted molar refractivity (Wildman–Crippen MR) is 100 cm³/mol. The molecular weight excluding hydrogens is 312 g/mol. The van der Waals surface area contributed by atoms with Crippen molar-refractivity contribution in [2.45, 2.75) is 70.8 Å². The number of carbonyl (C=O) groups excluding carboxylic acids is 1. The lowest BCUT2D eigenvalue weighted by Crippen LogP contribution is -2.40. The van der Waals surface area contributed by atoms with Crippen LogP contribution in [0.3, 0.4) is 0 Å². The summed E-state index contributed by atoms with van der Waals surface area (Å²) in [6, 6.07) is 4.16. The molecule has 2 fully saturated rings. The molecule has 0 radical (unpaired) electrons. The van der Waals surface area contributed by atoms with Crippen LogP contribution in [0.25, 0.3) is 0 Å². The van der Waals surface area contributed by atoms with Gasteiger partial charge < -0.3 is 9.73 Å². The number of likely N-dealkylation sites (tertiary alicyclic amines) is 1. The number of unbranched alkanes of at least 4 members (excludes halogenated alkanes) is 1. The molecule has 4 nitrogen and oxygen atoms in total. The minimum atomic E-state index is 0.183. The third-order valence-corrected chi connectivity index (χ3v) is 6.11. The first-order valence-electron chi connectivity index (χ1n) is 10.3. The van der Waals surface area contributed by atoms with E-state index in [1.807, 2.05) is 12.1 Å². The molecule has 1 atom stereocenters. The highest BCUT2D eigenvalue weighted by molar-refractivity contribution is 5.78. The van der Waals surface area contributed by atoms with Crippen molar-refractivity contribution in [3.8, 4) is 0 Å². The Balaban J connectivity index is 1.47. The van der Waals surface area contributed by atoms with Crippen LogP contribution in [0.1, 0.15) is 76.5 Å². The molecule has 1 aliphatic carbocycles. The molecule has 1 aromatic heterocycles. The van der Waals surface area contributed by atoms with Crippen LogP contribution in [-0.4, -0.2) is 30.4 Å². The monoisotopic (exact) mass is 346 g/mol. The van der Waals surface area contributed by atoms with Gasteiger partial charge in [-0.15, -0.1) is 0 Å². The maximum Gasteiger partial charge on any atom is 0.223 e. The maximum absolute atomic E-state index is 12.6. The van der Waals surface area contributed by atoms with Gasteiger partial charge in [0.05, 0.1) is 12.3 Å². The van der Waals surface area contributed by atoms with Crippen LogP contribution in [0.15, 0.2) is 22.8 Å². The van der Waals surface area contributed by atoms with E-state index in [0.29, 0.717) is 6.54 Å². The summed E-state index contributed by atoms with van der Waals surface area (Å²) in [4.78, 5) is 15.1. The van der Waals surface area contributed by atoms with Gasteiger partial charge in [-0.1, -0.05) is 26.2 Å². The number of amides is 1. The third kappa shape index (κ3) is 5.10. The van der Waals surface area contributed by atoms with E-state index in [1.165, 1.54) is 44.9 Å². The summed E-state index contributed by atoms with van der Waals surface area (Å²) >= 11 is 0. The fourth-order valence-corrected chi connectivity index (χ4v) is 4.49. The van der Waals surface area contributed by atoms with Gasteiger partial charge in [-0.05, 0) is 69.7 Å². The molecule has 1 saturated heterocycles. The predicted octanol–water partition coefficient (Wildman–Crippen LogP) is 4.53. The molecule has 1 unspecified atom stereocenters. The number of rotatable bonds is 8.